The third-order valence-corrected chi connectivity index (χ3v) is 4.17. The van der Waals surface area contributed by atoms with Crippen molar-refractivity contribution in [3.8, 4) is 5.75 Å². The van der Waals surface area contributed by atoms with E-state index in [4.69, 9.17) is 16.4 Å². The molecule has 0 aromatic heterocycles. The Morgan fingerprint density at radius 1 is 1.32 bits per heavy atom. The fourth-order valence-corrected chi connectivity index (χ4v) is 2.98. The van der Waals surface area contributed by atoms with Crippen LogP contribution in [-0.4, -0.2) is 6.72 Å². The number of rotatable bonds is 4. The SMILES string of the molecule is C=CC1CCC(c2ccc(ON=C)c(F)c2Cl)CC1. The fraction of sp³-hybridized carbons (Fsp3) is 0.400. The van der Waals surface area contributed by atoms with Gasteiger partial charge in [0.15, 0.2) is 11.6 Å². The van der Waals surface area contributed by atoms with Crippen molar-refractivity contribution in [3.63, 3.8) is 0 Å². The van der Waals surface area contributed by atoms with Crippen molar-refractivity contribution in [1.82, 2.24) is 0 Å². The van der Waals surface area contributed by atoms with Gasteiger partial charge in [-0.3, -0.25) is 0 Å². The average Bonchev–Trinajstić information content (AvgIpc) is 2.45. The molecule has 1 aromatic rings. The third kappa shape index (κ3) is 2.98. The van der Waals surface area contributed by atoms with Gasteiger partial charge in [0.25, 0.3) is 0 Å². The summed E-state index contributed by atoms with van der Waals surface area (Å²) in [5.41, 5.74) is 0.859. The van der Waals surface area contributed by atoms with Gasteiger partial charge >= 0.3 is 0 Å². The fourth-order valence-electron chi connectivity index (χ4n) is 2.67. The van der Waals surface area contributed by atoms with E-state index < -0.39 is 5.82 Å². The van der Waals surface area contributed by atoms with Crippen molar-refractivity contribution in [2.45, 2.75) is 31.6 Å². The number of allylic oxidation sites excluding steroid dienone is 1. The van der Waals surface area contributed by atoms with E-state index in [1.54, 1.807) is 6.07 Å². The lowest BCUT2D eigenvalue weighted by atomic mass is 9.79. The molecule has 0 amide bonds. The first kappa shape index (κ1) is 14.1. The summed E-state index contributed by atoms with van der Waals surface area (Å²) in [5.74, 6) is 0.345. The van der Waals surface area contributed by atoms with Crippen molar-refractivity contribution in [2.24, 2.45) is 11.1 Å². The molecule has 0 bridgehead atoms. The Balaban J connectivity index is 2.19. The van der Waals surface area contributed by atoms with Gasteiger partial charge in [0.1, 0.15) is 0 Å². The van der Waals surface area contributed by atoms with E-state index in [2.05, 4.69) is 18.5 Å². The lowest BCUT2D eigenvalue weighted by Gasteiger charge is -2.27. The van der Waals surface area contributed by atoms with E-state index in [-0.39, 0.29) is 10.8 Å². The second-order valence-electron chi connectivity index (χ2n) is 4.85. The molecule has 0 N–H and O–H groups in total. The lowest BCUT2D eigenvalue weighted by Crippen LogP contribution is -2.12. The molecular weight excluding hydrogens is 265 g/mol. The molecule has 0 atom stereocenters. The van der Waals surface area contributed by atoms with Crippen LogP contribution < -0.4 is 4.84 Å². The van der Waals surface area contributed by atoms with Gasteiger partial charge in [0.05, 0.1) is 5.02 Å². The van der Waals surface area contributed by atoms with Crippen LogP contribution in [0.4, 0.5) is 4.39 Å². The molecule has 1 saturated carbocycles. The van der Waals surface area contributed by atoms with Gasteiger partial charge in [-0.05, 0) is 49.1 Å². The zero-order chi connectivity index (χ0) is 13.8. The Bertz CT molecular complexity index is 481. The second-order valence-corrected chi connectivity index (χ2v) is 5.23. The minimum Gasteiger partial charge on any atom is -0.354 e. The minimum absolute atomic E-state index is 0.0172. The van der Waals surface area contributed by atoms with E-state index in [1.165, 1.54) is 0 Å². The van der Waals surface area contributed by atoms with Crippen molar-refractivity contribution in [1.29, 1.82) is 0 Å². The van der Waals surface area contributed by atoms with Gasteiger partial charge in [0, 0.05) is 6.72 Å². The lowest BCUT2D eigenvalue weighted by molar-refractivity contribution is 0.324. The van der Waals surface area contributed by atoms with E-state index in [0.717, 1.165) is 31.2 Å². The number of hydrogen-bond donors (Lipinski definition) is 0. The molecular formula is C15H17ClFNO. The highest BCUT2D eigenvalue weighted by atomic mass is 35.5. The molecule has 1 aromatic carbocycles. The van der Waals surface area contributed by atoms with E-state index in [1.807, 2.05) is 12.1 Å². The van der Waals surface area contributed by atoms with Crippen LogP contribution in [0.15, 0.2) is 29.9 Å². The summed E-state index contributed by atoms with van der Waals surface area (Å²) >= 11 is 6.10. The first-order valence-electron chi connectivity index (χ1n) is 6.40. The van der Waals surface area contributed by atoms with Crippen LogP contribution in [-0.2, 0) is 0 Å². The van der Waals surface area contributed by atoms with Crippen LogP contribution in [0.3, 0.4) is 0 Å². The Morgan fingerprint density at radius 2 is 2.00 bits per heavy atom. The summed E-state index contributed by atoms with van der Waals surface area (Å²) in [4.78, 5) is 4.74. The molecule has 102 valence electrons. The summed E-state index contributed by atoms with van der Waals surface area (Å²) in [7, 11) is 0. The zero-order valence-electron chi connectivity index (χ0n) is 10.7. The summed E-state index contributed by atoms with van der Waals surface area (Å²) in [6.07, 6.45) is 6.19. The highest BCUT2D eigenvalue weighted by Gasteiger charge is 2.24. The molecule has 1 aliphatic carbocycles. The van der Waals surface area contributed by atoms with Gasteiger partial charge in [-0.2, -0.15) is 0 Å². The van der Waals surface area contributed by atoms with Crippen LogP contribution in [0.1, 0.15) is 37.2 Å². The highest BCUT2D eigenvalue weighted by molar-refractivity contribution is 6.31. The maximum Gasteiger partial charge on any atom is 0.195 e. The van der Waals surface area contributed by atoms with Gasteiger partial charge in [-0.1, -0.05) is 28.9 Å². The monoisotopic (exact) mass is 281 g/mol. The van der Waals surface area contributed by atoms with Gasteiger partial charge in [-0.25, -0.2) is 4.39 Å². The molecule has 2 rings (SSSR count). The predicted molar refractivity (Wildman–Crippen MR) is 76.5 cm³/mol. The Hall–Kier alpha value is -1.35. The first-order chi connectivity index (χ1) is 9.17. The summed E-state index contributed by atoms with van der Waals surface area (Å²) in [6.45, 7) is 6.99. The smallest absolute Gasteiger partial charge is 0.195 e. The average molecular weight is 282 g/mol. The molecule has 0 radical (unpaired) electrons. The van der Waals surface area contributed by atoms with E-state index in [0.29, 0.717) is 11.8 Å². The Morgan fingerprint density at radius 3 is 2.58 bits per heavy atom. The van der Waals surface area contributed by atoms with Crippen molar-refractivity contribution in [2.75, 3.05) is 0 Å². The molecule has 0 aliphatic heterocycles. The molecule has 0 unspecified atom stereocenters. The summed E-state index contributed by atoms with van der Waals surface area (Å²) in [5, 5.41) is 3.35. The topological polar surface area (TPSA) is 21.6 Å². The number of benzene rings is 1. The molecule has 2 nitrogen and oxygen atoms in total. The van der Waals surface area contributed by atoms with E-state index in [9.17, 15) is 4.39 Å². The van der Waals surface area contributed by atoms with Crippen LogP contribution in [0, 0.1) is 11.7 Å². The van der Waals surface area contributed by atoms with Crippen LogP contribution in [0.2, 0.25) is 5.02 Å². The Kier molecular flexibility index (Phi) is 4.59. The second kappa shape index (κ2) is 6.20. The van der Waals surface area contributed by atoms with Crippen LogP contribution in [0.5, 0.6) is 5.75 Å². The quantitative estimate of drug-likeness (QED) is 0.435. The minimum atomic E-state index is -0.558. The molecule has 4 heteroatoms. The van der Waals surface area contributed by atoms with Crippen LogP contribution >= 0.6 is 11.6 Å². The first-order valence-corrected chi connectivity index (χ1v) is 6.78. The number of nitrogens with zero attached hydrogens (tertiary/aromatic N) is 1. The normalized spacial score (nSPS) is 22.8. The predicted octanol–water partition coefficient (Wildman–Crippen LogP) is 4.93. The number of oxime groups is 1. The maximum absolute atomic E-state index is 14.0. The molecule has 19 heavy (non-hydrogen) atoms. The van der Waals surface area contributed by atoms with Gasteiger partial charge < -0.3 is 4.84 Å². The maximum atomic E-state index is 14.0. The molecule has 0 spiro atoms. The molecule has 0 heterocycles. The molecule has 1 fully saturated rings. The number of hydrogen-bond acceptors (Lipinski definition) is 2. The standard InChI is InChI=1S/C15H17ClFNO/c1-3-10-4-6-11(7-5-10)12-8-9-13(19-18-2)15(17)14(12)16/h3,8-11H,1-2,4-7H2. The van der Waals surface area contributed by atoms with Crippen LogP contribution in [0.25, 0.3) is 0 Å². The summed E-state index contributed by atoms with van der Waals surface area (Å²) in [6, 6.07) is 3.38. The van der Waals surface area contributed by atoms with Crippen molar-refractivity contribution in [3.05, 3.63) is 41.2 Å². The van der Waals surface area contributed by atoms with E-state index >= 15 is 0 Å². The highest BCUT2D eigenvalue weighted by Crippen LogP contribution is 2.41. The van der Waals surface area contributed by atoms with Crippen molar-refractivity contribution >= 4 is 18.3 Å². The third-order valence-electron chi connectivity index (χ3n) is 3.78. The Labute approximate surface area is 117 Å². The van der Waals surface area contributed by atoms with Crippen molar-refractivity contribution < 1.29 is 9.23 Å². The van der Waals surface area contributed by atoms with Gasteiger partial charge in [-0.15, -0.1) is 6.58 Å². The summed E-state index contributed by atoms with van der Waals surface area (Å²) < 4.78 is 14.0. The molecule has 0 saturated heterocycles. The number of halogens is 2. The largest absolute Gasteiger partial charge is 0.354 e. The zero-order valence-corrected chi connectivity index (χ0v) is 11.5. The molecule has 1 aliphatic rings. The van der Waals surface area contributed by atoms with Gasteiger partial charge in [0.2, 0.25) is 0 Å².